The van der Waals surface area contributed by atoms with Crippen molar-refractivity contribution in [3.05, 3.63) is 59.4 Å². The summed E-state index contributed by atoms with van der Waals surface area (Å²) >= 11 is 3.42. The zero-order valence-electron chi connectivity index (χ0n) is 8.73. The first kappa shape index (κ1) is 11.0. The molecule has 0 amide bonds. The molecule has 0 aliphatic carbocycles. The van der Waals surface area contributed by atoms with Gasteiger partial charge in [-0.2, -0.15) is 0 Å². The van der Waals surface area contributed by atoms with Gasteiger partial charge in [-0.1, -0.05) is 12.1 Å². The third-order valence-electron chi connectivity index (χ3n) is 2.21. The molecular weight excluding hydrogens is 264 g/mol. The van der Waals surface area contributed by atoms with E-state index in [4.69, 9.17) is 0 Å². The molecule has 0 saturated heterocycles. The average molecular weight is 275 g/mol. The van der Waals surface area contributed by atoms with Gasteiger partial charge in [-0.05, 0) is 46.1 Å². The smallest absolute Gasteiger partial charge is 0.0922 e. The monoisotopic (exact) mass is 274 g/mol. The van der Waals surface area contributed by atoms with E-state index in [0.717, 1.165) is 27.8 Å². The highest BCUT2D eigenvalue weighted by Gasteiger charge is 2.06. The highest BCUT2D eigenvalue weighted by atomic mass is 79.9. The third kappa shape index (κ3) is 2.36. The van der Waals surface area contributed by atoms with Crippen LogP contribution in [-0.2, 0) is 6.42 Å². The summed E-state index contributed by atoms with van der Waals surface area (Å²) in [5.41, 5.74) is 2.94. The van der Waals surface area contributed by atoms with E-state index in [1.54, 1.807) is 12.4 Å². The van der Waals surface area contributed by atoms with E-state index in [0.29, 0.717) is 0 Å². The maximum Gasteiger partial charge on any atom is 0.0922 e. The van der Waals surface area contributed by atoms with Crippen molar-refractivity contribution in [3.8, 4) is 11.4 Å². The summed E-state index contributed by atoms with van der Waals surface area (Å²) in [4.78, 5) is 8.72. The van der Waals surface area contributed by atoms with Gasteiger partial charge >= 0.3 is 0 Å². The summed E-state index contributed by atoms with van der Waals surface area (Å²) in [6, 6.07) is 7.88. The quantitative estimate of drug-likeness (QED) is 0.799. The van der Waals surface area contributed by atoms with Gasteiger partial charge in [0.05, 0.1) is 11.4 Å². The minimum atomic E-state index is 0.790. The van der Waals surface area contributed by atoms with E-state index < -0.39 is 0 Å². The van der Waals surface area contributed by atoms with Crippen LogP contribution in [-0.4, -0.2) is 9.97 Å². The Labute approximate surface area is 103 Å². The van der Waals surface area contributed by atoms with E-state index in [2.05, 4.69) is 38.5 Å². The van der Waals surface area contributed by atoms with Crippen molar-refractivity contribution in [1.82, 2.24) is 9.97 Å². The molecule has 3 heteroatoms. The van der Waals surface area contributed by atoms with Gasteiger partial charge in [-0.3, -0.25) is 9.97 Å². The Hall–Kier alpha value is -1.48. The number of hydrogen-bond acceptors (Lipinski definition) is 2. The molecule has 2 aromatic heterocycles. The number of pyridine rings is 2. The van der Waals surface area contributed by atoms with E-state index in [-0.39, 0.29) is 0 Å². The Morgan fingerprint density at radius 1 is 1.31 bits per heavy atom. The van der Waals surface area contributed by atoms with Gasteiger partial charge < -0.3 is 0 Å². The molecule has 0 saturated carbocycles. The maximum atomic E-state index is 4.41. The van der Waals surface area contributed by atoms with Crippen molar-refractivity contribution in [3.63, 3.8) is 0 Å². The number of hydrogen-bond donors (Lipinski definition) is 0. The Morgan fingerprint density at radius 2 is 2.19 bits per heavy atom. The third-order valence-corrected chi connectivity index (χ3v) is 2.64. The van der Waals surface area contributed by atoms with Crippen LogP contribution in [0.15, 0.2) is 53.8 Å². The van der Waals surface area contributed by atoms with Gasteiger partial charge in [0, 0.05) is 16.9 Å². The first-order valence-electron chi connectivity index (χ1n) is 4.98. The summed E-state index contributed by atoms with van der Waals surface area (Å²) in [7, 11) is 0. The van der Waals surface area contributed by atoms with Gasteiger partial charge in [0.2, 0.25) is 0 Å². The predicted octanol–water partition coefficient (Wildman–Crippen LogP) is 3.63. The van der Waals surface area contributed by atoms with Gasteiger partial charge in [0.1, 0.15) is 0 Å². The molecule has 0 fully saturated rings. The minimum absolute atomic E-state index is 0.790. The van der Waals surface area contributed by atoms with Crippen LogP contribution in [0.2, 0.25) is 0 Å². The molecule has 0 aliphatic rings. The second kappa shape index (κ2) is 5.03. The SMILES string of the molecule is C=CCc1cc(Br)cnc1-c1ccccn1. The molecule has 0 radical (unpaired) electrons. The van der Waals surface area contributed by atoms with Crippen molar-refractivity contribution in [2.45, 2.75) is 6.42 Å². The second-order valence-corrected chi connectivity index (χ2v) is 4.28. The summed E-state index contributed by atoms with van der Waals surface area (Å²) < 4.78 is 0.976. The Balaban J connectivity index is 2.51. The zero-order chi connectivity index (χ0) is 11.4. The fourth-order valence-corrected chi connectivity index (χ4v) is 1.90. The Bertz CT molecular complexity index is 495. The van der Waals surface area contributed by atoms with Crippen LogP contribution < -0.4 is 0 Å². The Morgan fingerprint density at radius 3 is 2.88 bits per heavy atom. The average Bonchev–Trinajstić information content (AvgIpc) is 2.31. The molecule has 2 nitrogen and oxygen atoms in total. The summed E-state index contributed by atoms with van der Waals surface area (Å²) in [6.45, 7) is 3.76. The van der Waals surface area contributed by atoms with Gasteiger partial charge in [-0.25, -0.2) is 0 Å². The standard InChI is InChI=1S/C13H11BrN2/c1-2-5-10-8-11(14)9-16-13(10)12-6-3-4-7-15-12/h2-4,6-9H,1,5H2. The molecule has 0 aromatic carbocycles. The van der Waals surface area contributed by atoms with E-state index in [9.17, 15) is 0 Å². The van der Waals surface area contributed by atoms with Crippen LogP contribution in [0.25, 0.3) is 11.4 Å². The number of rotatable bonds is 3. The molecular formula is C13H11BrN2. The highest BCUT2D eigenvalue weighted by Crippen LogP contribution is 2.22. The van der Waals surface area contributed by atoms with Gasteiger partial charge in [0.15, 0.2) is 0 Å². The van der Waals surface area contributed by atoms with Crippen molar-refractivity contribution < 1.29 is 0 Å². The summed E-state index contributed by atoms with van der Waals surface area (Å²) in [5, 5.41) is 0. The number of allylic oxidation sites excluding steroid dienone is 1. The molecule has 0 spiro atoms. The molecule has 16 heavy (non-hydrogen) atoms. The number of aromatic nitrogens is 2. The largest absolute Gasteiger partial charge is 0.255 e. The lowest BCUT2D eigenvalue weighted by atomic mass is 10.1. The summed E-state index contributed by atoms with van der Waals surface area (Å²) in [5.74, 6) is 0. The normalized spacial score (nSPS) is 10.1. The van der Waals surface area contributed by atoms with Crippen LogP contribution >= 0.6 is 15.9 Å². The van der Waals surface area contributed by atoms with E-state index in [1.807, 2.05) is 24.3 Å². The van der Waals surface area contributed by atoms with Crippen LogP contribution in [0, 0.1) is 0 Å². The van der Waals surface area contributed by atoms with Crippen molar-refractivity contribution in [1.29, 1.82) is 0 Å². The Kier molecular flexibility index (Phi) is 3.47. The minimum Gasteiger partial charge on any atom is -0.255 e. The lowest BCUT2D eigenvalue weighted by Crippen LogP contribution is -1.94. The predicted molar refractivity (Wildman–Crippen MR) is 69.1 cm³/mol. The van der Waals surface area contributed by atoms with Crippen LogP contribution in [0.1, 0.15) is 5.56 Å². The fraction of sp³-hybridized carbons (Fsp3) is 0.0769. The topological polar surface area (TPSA) is 25.8 Å². The van der Waals surface area contributed by atoms with Crippen molar-refractivity contribution in [2.75, 3.05) is 0 Å². The van der Waals surface area contributed by atoms with E-state index in [1.165, 1.54) is 0 Å². The van der Waals surface area contributed by atoms with Gasteiger partial charge in [0.25, 0.3) is 0 Å². The molecule has 2 aromatic rings. The molecule has 80 valence electrons. The van der Waals surface area contributed by atoms with Gasteiger partial charge in [-0.15, -0.1) is 6.58 Å². The molecule has 0 aliphatic heterocycles. The first-order valence-corrected chi connectivity index (χ1v) is 5.77. The summed E-state index contributed by atoms with van der Waals surface area (Å²) in [6.07, 6.45) is 6.22. The maximum absolute atomic E-state index is 4.41. The van der Waals surface area contributed by atoms with Crippen LogP contribution in [0.4, 0.5) is 0 Å². The first-order chi connectivity index (χ1) is 7.81. The second-order valence-electron chi connectivity index (χ2n) is 3.37. The molecule has 0 unspecified atom stereocenters. The molecule has 2 heterocycles. The lowest BCUT2D eigenvalue weighted by molar-refractivity contribution is 1.16. The van der Waals surface area contributed by atoms with E-state index >= 15 is 0 Å². The fourth-order valence-electron chi connectivity index (χ4n) is 1.53. The van der Waals surface area contributed by atoms with Crippen molar-refractivity contribution >= 4 is 15.9 Å². The molecule has 0 atom stereocenters. The van der Waals surface area contributed by atoms with Crippen LogP contribution in [0.3, 0.4) is 0 Å². The number of halogens is 1. The molecule has 2 rings (SSSR count). The van der Waals surface area contributed by atoms with Crippen LogP contribution in [0.5, 0.6) is 0 Å². The lowest BCUT2D eigenvalue weighted by Gasteiger charge is -2.06. The van der Waals surface area contributed by atoms with Crippen molar-refractivity contribution in [2.24, 2.45) is 0 Å². The zero-order valence-corrected chi connectivity index (χ0v) is 10.3. The molecule has 0 N–H and O–H groups in total. The number of nitrogens with zero attached hydrogens (tertiary/aromatic N) is 2. The molecule has 0 bridgehead atoms. The highest BCUT2D eigenvalue weighted by molar-refractivity contribution is 9.10.